The summed E-state index contributed by atoms with van der Waals surface area (Å²) in [4.78, 5) is 24.4. The van der Waals surface area contributed by atoms with Gasteiger partial charge in [-0.3, -0.25) is 4.79 Å². The SMILES string of the molecule is O=C(O)N1CCC2(C1)C(=O)Nc1ccccc12. The van der Waals surface area contributed by atoms with Crippen LogP contribution in [0.3, 0.4) is 0 Å². The van der Waals surface area contributed by atoms with Crippen LogP contribution in [-0.4, -0.2) is 35.1 Å². The number of hydrogen-bond donors (Lipinski definition) is 2. The molecule has 0 radical (unpaired) electrons. The molecule has 1 saturated heterocycles. The number of likely N-dealkylation sites (tertiary alicyclic amines) is 1. The van der Waals surface area contributed by atoms with Crippen molar-refractivity contribution >= 4 is 17.7 Å². The Labute approximate surface area is 98.0 Å². The zero-order valence-corrected chi connectivity index (χ0v) is 9.14. The molecule has 0 aliphatic carbocycles. The highest BCUT2D eigenvalue weighted by Crippen LogP contribution is 2.43. The monoisotopic (exact) mass is 232 g/mol. The van der Waals surface area contributed by atoms with Crippen LogP contribution in [0, 0.1) is 0 Å². The number of carboxylic acid groups (broad SMARTS) is 1. The number of anilines is 1. The Bertz CT molecular complexity index is 514. The fourth-order valence-electron chi connectivity index (χ4n) is 2.75. The molecule has 17 heavy (non-hydrogen) atoms. The zero-order chi connectivity index (χ0) is 12.0. The first-order chi connectivity index (χ1) is 8.13. The minimum atomic E-state index is -0.959. The lowest BCUT2D eigenvalue weighted by atomic mass is 9.81. The first-order valence-corrected chi connectivity index (χ1v) is 5.52. The molecule has 1 spiro atoms. The van der Waals surface area contributed by atoms with Gasteiger partial charge in [-0.1, -0.05) is 18.2 Å². The standard InChI is InChI=1S/C12H12N2O3/c15-10-12(5-6-14(7-12)11(16)17)8-3-1-2-4-9(8)13-10/h1-4H,5-7H2,(H,13,15)(H,16,17). The molecule has 0 aromatic heterocycles. The van der Waals surface area contributed by atoms with Crippen LogP contribution >= 0.6 is 0 Å². The van der Waals surface area contributed by atoms with Gasteiger partial charge in [0.2, 0.25) is 5.91 Å². The predicted molar refractivity (Wildman–Crippen MR) is 61.0 cm³/mol. The van der Waals surface area contributed by atoms with Crippen LogP contribution in [0.5, 0.6) is 0 Å². The summed E-state index contributed by atoms with van der Waals surface area (Å²) in [5.74, 6) is -0.0811. The molecule has 2 N–H and O–H groups in total. The number of fused-ring (bicyclic) bond motifs is 2. The third-order valence-electron chi connectivity index (χ3n) is 3.67. The van der Waals surface area contributed by atoms with Crippen molar-refractivity contribution in [3.8, 4) is 0 Å². The van der Waals surface area contributed by atoms with E-state index in [1.165, 1.54) is 4.90 Å². The third kappa shape index (κ3) is 1.25. The van der Waals surface area contributed by atoms with Crippen LogP contribution in [0.2, 0.25) is 0 Å². The number of carbonyl (C=O) groups excluding carboxylic acids is 1. The largest absolute Gasteiger partial charge is 0.465 e. The van der Waals surface area contributed by atoms with E-state index in [9.17, 15) is 9.59 Å². The van der Waals surface area contributed by atoms with Crippen LogP contribution in [0.25, 0.3) is 0 Å². The summed E-state index contributed by atoms with van der Waals surface area (Å²) in [6.07, 6.45) is -0.402. The van der Waals surface area contributed by atoms with Crippen molar-refractivity contribution in [1.82, 2.24) is 4.90 Å². The summed E-state index contributed by atoms with van der Waals surface area (Å²) in [7, 11) is 0. The van der Waals surface area contributed by atoms with Gasteiger partial charge in [-0.2, -0.15) is 0 Å². The van der Waals surface area contributed by atoms with E-state index in [4.69, 9.17) is 5.11 Å². The van der Waals surface area contributed by atoms with Crippen LogP contribution in [0.15, 0.2) is 24.3 Å². The molecule has 0 bridgehead atoms. The summed E-state index contributed by atoms with van der Waals surface area (Å²) < 4.78 is 0. The van der Waals surface area contributed by atoms with Gasteiger partial charge in [-0.15, -0.1) is 0 Å². The highest BCUT2D eigenvalue weighted by Gasteiger charge is 2.51. The van der Waals surface area contributed by atoms with E-state index in [0.717, 1.165) is 11.3 Å². The molecule has 2 amide bonds. The summed E-state index contributed by atoms with van der Waals surface area (Å²) in [6, 6.07) is 7.50. The van der Waals surface area contributed by atoms with Crippen molar-refractivity contribution < 1.29 is 14.7 Å². The minimum absolute atomic E-state index is 0.0811. The number of benzene rings is 1. The molecule has 2 aliphatic heterocycles. The summed E-state index contributed by atoms with van der Waals surface area (Å²) >= 11 is 0. The Morgan fingerprint density at radius 3 is 2.88 bits per heavy atom. The molecule has 1 unspecified atom stereocenters. The van der Waals surface area contributed by atoms with Crippen LogP contribution < -0.4 is 5.32 Å². The molecule has 5 heteroatoms. The van der Waals surface area contributed by atoms with Crippen LogP contribution in [-0.2, 0) is 10.2 Å². The second kappa shape index (κ2) is 3.23. The maximum atomic E-state index is 12.1. The molecule has 1 aromatic carbocycles. The number of amides is 2. The molecule has 2 aliphatic rings. The molecule has 2 heterocycles. The number of carbonyl (C=O) groups is 2. The van der Waals surface area contributed by atoms with Gasteiger partial charge < -0.3 is 15.3 Å². The molecule has 88 valence electrons. The maximum absolute atomic E-state index is 12.1. The van der Waals surface area contributed by atoms with Gasteiger partial charge in [0.25, 0.3) is 0 Å². The molecule has 5 nitrogen and oxygen atoms in total. The number of hydrogen-bond acceptors (Lipinski definition) is 2. The maximum Gasteiger partial charge on any atom is 0.407 e. The third-order valence-corrected chi connectivity index (χ3v) is 3.67. The van der Waals surface area contributed by atoms with Crippen molar-refractivity contribution in [1.29, 1.82) is 0 Å². The number of rotatable bonds is 0. The van der Waals surface area contributed by atoms with E-state index in [1.807, 2.05) is 24.3 Å². The zero-order valence-electron chi connectivity index (χ0n) is 9.14. The van der Waals surface area contributed by atoms with Gasteiger partial charge in [0, 0.05) is 18.8 Å². The summed E-state index contributed by atoms with van der Waals surface area (Å²) in [5.41, 5.74) is 1.06. The second-order valence-corrected chi connectivity index (χ2v) is 4.54. The molecule has 1 fully saturated rings. The first kappa shape index (κ1) is 10.1. The Kier molecular flexibility index (Phi) is 1.92. The fraction of sp³-hybridized carbons (Fsp3) is 0.333. The van der Waals surface area contributed by atoms with E-state index in [1.54, 1.807) is 0 Å². The quantitative estimate of drug-likeness (QED) is 0.707. The first-order valence-electron chi connectivity index (χ1n) is 5.52. The molecular formula is C12H12N2O3. The molecular weight excluding hydrogens is 220 g/mol. The Hall–Kier alpha value is -2.04. The van der Waals surface area contributed by atoms with Gasteiger partial charge in [0.15, 0.2) is 0 Å². The van der Waals surface area contributed by atoms with E-state index in [0.29, 0.717) is 13.0 Å². The van der Waals surface area contributed by atoms with Crippen molar-refractivity contribution in [3.63, 3.8) is 0 Å². The Balaban J connectivity index is 2.04. The average Bonchev–Trinajstić information content (AvgIpc) is 2.85. The van der Waals surface area contributed by atoms with E-state index in [2.05, 4.69) is 5.32 Å². The highest BCUT2D eigenvalue weighted by atomic mass is 16.4. The molecule has 1 atom stereocenters. The number of para-hydroxylation sites is 1. The average molecular weight is 232 g/mol. The number of nitrogens with zero attached hydrogens (tertiary/aromatic N) is 1. The fourth-order valence-corrected chi connectivity index (χ4v) is 2.75. The van der Waals surface area contributed by atoms with Gasteiger partial charge in [0.1, 0.15) is 0 Å². The lowest BCUT2D eigenvalue weighted by molar-refractivity contribution is -0.120. The van der Waals surface area contributed by atoms with Crippen molar-refractivity contribution in [2.24, 2.45) is 0 Å². The Morgan fingerprint density at radius 1 is 1.41 bits per heavy atom. The van der Waals surface area contributed by atoms with Crippen molar-refractivity contribution in [2.75, 3.05) is 18.4 Å². The van der Waals surface area contributed by atoms with Gasteiger partial charge >= 0.3 is 6.09 Å². The van der Waals surface area contributed by atoms with E-state index < -0.39 is 11.5 Å². The lowest BCUT2D eigenvalue weighted by Gasteiger charge is -2.21. The number of nitrogens with one attached hydrogen (secondary N) is 1. The molecule has 3 rings (SSSR count). The second-order valence-electron chi connectivity index (χ2n) is 4.54. The summed E-state index contributed by atoms with van der Waals surface area (Å²) in [6.45, 7) is 0.669. The molecule has 1 aromatic rings. The lowest BCUT2D eigenvalue weighted by Crippen LogP contribution is -2.38. The van der Waals surface area contributed by atoms with Crippen LogP contribution in [0.4, 0.5) is 10.5 Å². The highest BCUT2D eigenvalue weighted by molar-refractivity contribution is 6.07. The van der Waals surface area contributed by atoms with Crippen LogP contribution in [0.1, 0.15) is 12.0 Å². The van der Waals surface area contributed by atoms with Gasteiger partial charge in [0.05, 0.1) is 5.41 Å². The van der Waals surface area contributed by atoms with Crippen molar-refractivity contribution in [2.45, 2.75) is 11.8 Å². The van der Waals surface area contributed by atoms with E-state index >= 15 is 0 Å². The van der Waals surface area contributed by atoms with E-state index in [-0.39, 0.29) is 12.5 Å². The van der Waals surface area contributed by atoms with Crippen molar-refractivity contribution in [3.05, 3.63) is 29.8 Å². The summed E-state index contributed by atoms with van der Waals surface area (Å²) in [5, 5.41) is 11.8. The predicted octanol–water partition coefficient (Wildman–Crippen LogP) is 1.26. The van der Waals surface area contributed by atoms with Gasteiger partial charge in [-0.05, 0) is 18.1 Å². The Morgan fingerprint density at radius 2 is 2.18 bits per heavy atom. The normalized spacial score (nSPS) is 26.1. The van der Waals surface area contributed by atoms with Gasteiger partial charge in [-0.25, -0.2) is 4.79 Å². The topological polar surface area (TPSA) is 69.6 Å². The molecule has 0 saturated carbocycles. The minimum Gasteiger partial charge on any atom is -0.465 e. The smallest absolute Gasteiger partial charge is 0.407 e.